The number of thiophene rings is 1. The van der Waals surface area contributed by atoms with Crippen LogP contribution in [0.1, 0.15) is 5.76 Å². The molecule has 0 spiro atoms. The highest BCUT2D eigenvalue weighted by Crippen LogP contribution is 2.33. The summed E-state index contributed by atoms with van der Waals surface area (Å²) >= 11 is 1.76. The van der Waals surface area contributed by atoms with Crippen LogP contribution in [0.2, 0.25) is 0 Å². The molecule has 0 atom stereocenters. The molecule has 86 valence electrons. The van der Waals surface area contributed by atoms with E-state index in [2.05, 4.69) is 35.0 Å². The maximum absolute atomic E-state index is 5.83. The van der Waals surface area contributed by atoms with E-state index in [0.29, 0.717) is 0 Å². The molecule has 0 saturated carbocycles. The van der Waals surface area contributed by atoms with Gasteiger partial charge in [-0.25, -0.2) is 0 Å². The molecule has 3 rings (SSSR count). The molecule has 3 heteroatoms. The minimum Gasteiger partial charge on any atom is -0.460 e. The van der Waals surface area contributed by atoms with Crippen LogP contribution in [-0.2, 0) is 6.54 Å². The molecule has 17 heavy (non-hydrogen) atoms. The van der Waals surface area contributed by atoms with E-state index in [9.17, 15) is 0 Å². The molecular weight excluding hydrogens is 230 g/mol. The lowest BCUT2D eigenvalue weighted by Crippen LogP contribution is -2.03. The summed E-state index contributed by atoms with van der Waals surface area (Å²) in [5.41, 5.74) is 1.18. The Morgan fingerprint density at radius 2 is 2.12 bits per heavy atom. The number of hydrogen-bond donors (Lipinski definition) is 1. The smallest absolute Gasteiger partial charge is 0.135 e. The Hall–Kier alpha value is -1.58. The van der Waals surface area contributed by atoms with Crippen molar-refractivity contribution in [3.8, 4) is 11.3 Å². The van der Waals surface area contributed by atoms with Crippen molar-refractivity contribution < 1.29 is 4.42 Å². The fourth-order valence-electron chi connectivity index (χ4n) is 1.98. The Morgan fingerprint density at radius 3 is 3.00 bits per heavy atom. The predicted molar refractivity (Wildman–Crippen MR) is 72.3 cm³/mol. The second kappa shape index (κ2) is 4.35. The summed E-state index contributed by atoms with van der Waals surface area (Å²) in [4.78, 5) is 0. The number of hydrogen-bond acceptors (Lipinski definition) is 3. The maximum atomic E-state index is 5.83. The van der Waals surface area contributed by atoms with Gasteiger partial charge in [0.25, 0.3) is 0 Å². The Morgan fingerprint density at radius 1 is 1.18 bits per heavy atom. The molecule has 2 heterocycles. The van der Waals surface area contributed by atoms with Crippen LogP contribution in [0.4, 0.5) is 0 Å². The molecule has 2 aromatic heterocycles. The van der Waals surface area contributed by atoms with Crippen molar-refractivity contribution >= 4 is 21.4 Å². The first-order chi connectivity index (χ1) is 8.38. The Kier molecular flexibility index (Phi) is 2.71. The molecule has 3 aromatic rings. The van der Waals surface area contributed by atoms with Gasteiger partial charge in [-0.2, -0.15) is 0 Å². The SMILES string of the molecule is CNCc1ccc(-c2cccc3ccsc23)o1. The van der Waals surface area contributed by atoms with Crippen LogP contribution in [-0.4, -0.2) is 7.05 Å². The molecule has 0 aliphatic heterocycles. The zero-order chi connectivity index (χ0) is 11.7. The third kappa shape index (κ3) is 1.88. The summed E-state index contributed by atoms with van der Waals surface area (Å²) in [7, 11) is 1.92. The third-order valence-electron chi connectivity index (χ3n) is 2.76. The van der Waals surface area contributed by atoms with E-state index in [1.54, 1.807) is 11.3 Å². The van der Waals surface area contributed by atoms with Crippen LogP contribution in [0.3, 0.4) is 0 Å². The van der Waals surface area contributed by atoms with Crippen molar-refractivity contribution in [1.82, 2.24) is 5.32 Å². The lowest BCUT2D eigenvalue weighted by Gasteiger charge is -1.99. The highest BCUT2D eigenvalue weighted by molar-refractivity contribution is 7.17. The zero-order valence-corrected chi connectivity index (χ0v) is 10.4. The van der Waals surface area contributed by atoms with Gasteiger partial charge >= 0.3 is 0 Å². The number of fused-ring (bicyclic) bond motifs is 1. The highest BCUT2D eigenvalue weighted by Gasteiger charge is 2.08. The molecular formula is C14H13NOS. The topological polar surface area (TPSA) is 25.2 Å². The van der Waals surface area contributed by atoms with Gasteiger partial charge in [-0.15, -0.1) is 11.3 Å². The van der Waals surface area contributed by atoms with Crippen molar-refractivity contribution in [2.24, 2.45) is 0 Å². The van der Waals surface area contributed by atoms with Gasteiger partial charge in [-0.3, -0.25) is 0 Å². The minimum absolute atomic E-state index is 0.764. The summed E-state index contributed by atoms with van der Waals surface area (Å²) in [5.74, 6) is 1.92. The number of benzene rings is 1. The van der Waals surface area contributed by atoms with Crippen molar-refractivity contribution in [3.05, 3.63) is 47.5 Å². The maximum Gasteiger partial charge on any atom is 0.135 e. The lowest BCUT2D eigenvalue weighted by molar-refractivity contribution is 0.507. The van der Waals surface area contributed by atoms with E-state index < -0.39 is 0 Å². The molecule has 2 nitrogen and oxygen atoms in total. The molecule has 0 bridgehead atoms. The van der Waals surface area contributed by atoms with Crippen LogP contribution >= 0.6 is 11.3 Å². The number of furan rings is 1. The van der Waals surface area contributed by atoms with Crippen LogP contribution in [0.15, 0.2) is 46.2 Å². The molecule has 0 amide bonds. The summed E-state index contributed by atoms with van der Waals surface area (Å²) < 4.78 is 7.12. The van der Waals surface area contributed by atoms with E-state index in [-0.39, 0.29) is 0 Å². The Balaban J connectivity index is 2.10. The third-order valence-corrected chi connectivity index (χ3v) is 3.72. The van der Waals surface area contributed by atoms with Gasteiger partial charge in [0.05, 0.1) is 6.54 Å². The lowest BCUT2D eigenvalue weighted by atomic mass is 10.1. The molecule has 0 aliphatic carbocycles. The van der Waals surface area contributed by atoms with Crippen molar-refractivity contribution in [1.29, 1.82) is 0 Å². The van der Waals surface area contributed by atoms with E-state index in [0.717, 1.165) is 18.1 Å². The van der Waals surface area contributed by atoms with E-state index in [4.69, 9.17) is 4.42 Å². The van der Waals surface area contributed by atoms with Crippen LogP contribution in [0, 0.1) is 0 Å². The van der Waals surface area contributed by atoms with Crippen LogP contribution in [0.25, 0.3) is 21.4 Å². The molecule has 0 unspecified atom stereocenters. The number of nitrogens with one attached hydrogen (secondary N) is 1. The van der Waals surface area contributed by atoms with Gasteiger partial charge < -0.3 is 9.73 Å². The largest absolute Gasteiger partial charge is 0.460 e. The first kappa shape index (κ1) is 10.6. The van der Waals surface area contributed by atoms with Gasteiger partial charge in [-0.1, -0.05) is 12.1 Å². The second-order valence-corrected chi connectivity index (χ2v) is 4.86. The van der Waals surface area contributed by atoms with Gasteiger partial charge in [0.15, 0.2) is 0 Å². The standard InChI is InChI=1S/C14H13NOS/c1-15-9-11-5-6-13(16-11)12-4-2-3-10-7-8-17-14(10)12/h2-8,15H,9H2,1H3. The average molecular weight is 243 g/mol. The molecule has 0 fully saturated rings. The van der Waals surface area contributed by atoms with Crippen molar-refractivity contribution in [2.45, 2.75) is 6.54 Å². The van der Waals surface area contributed by atoms with Crippen molar-refractivity contribution in [2.75, 3.05) is 7.05 Å². The van der Waals surface area contributed by atoms with Gasteiger partial charge in [0.1, 0.15) is 11.5 Å². The van der Waals surface area contributed by atoms with E-state index >= 15 is 0 Å². The summed E-state index contributed by atoms with van der Waals surface area (Å²) in [6.07, 6.45) is 0. The van der Waals surface area contributed by atoms with Crippen LogP contribution < -0.4 is 5.32 Å². The first-order valence-electron chi connectivity index (χ1n) is 5.58. The molecule has 1 N–H and O–H groups in total. The first-order valence-corrected chi connectivity index (χ1v) is 6.46. The Labute approximate surface area is 104 Å². The monoisotopic (exact) mass is 243 g/mol. The predicted octanol–water partition coefficient (Wildman–Crippen LogP) is 3.88. The zero-order valence-electron chi connectivity index (χ0n) is 9.57. The quantitative estimate of drug-likeness (QED) is 0.755. The molecule has 0 saturated heterocycles. The highest BCUT2D eigenvalue weighted by atomic mass is 32.1. The summed E-state index contributed by atoms with van der Waals surface area (Å²) in [6, 6.07) is 12.5. The second-order valence-electron chi connectivity index (χ2n) is 3.94. The van der Waals surface area contributed by atoms with Gasteiger partial charge in [0, 0.05) is 10.3 Å². The number of rotatable bonds is 3. The van der Waals surface area contributed by atoms with Crippen LogP contribution in [0.5, 0.6) is 0 Å². The van der Waals surface area contributed by atoms with Gasteiger partial charge in [0.2, 0.25) is 0 Å². The molecule has 0 aliphatic rings. The molecule has 1 aromatic carbocycles. The summed E-state index contributed by atoms with van der Waals surface area (Å²) in [6.45, 7) is 0.764. The average Bonchev–Trinajstić information content (AvgIpc) is 2.96. The van der Waals surface area contributed by atoms with E-state index in [1.165, 1.54) is 15.6 Å². The van der Waals surface area contributed by atoms with Crippen molar-refractivity contribution in [3.63, 3.8) is 0 Å². The summed E-state index contributed by atoms with van der Waals surface area (Å²) in [5, 5.41) is 6.48. The normalized spacial score (nSPS) is 11.1. The fraction of sp³-hybridized carbons (Fsp3) is 0.143. The van der Waals surface area contributed by atoms with Gasteiger partial charge in [-0.05, 0) is 42.1 Å². The fourth-order valence-corrected chi connectivity index (χ4v) is 2.90. The molecule has 0 radical (unpaired) electrons. The Bertz CT molecular complexity index is 638. The minimum atomic E-state index is 0.764. The van der Waals surface area contributed by atoms with E-state index in [1.807, 2.05) is 19.2 Å².